The molecule has 5 nitrogen and oxygen atoms in total. The van der Waals surface area contributed by atoms with Crippen LogP contribution in [-0.4, -0.2) is 42.0 Å². The predicted octanol–water partition coefficient (Wildman–Crippen LogP) is 0.606. The molecule has 3 N–H and O–H groups in total. The molecular weight excluding hydrogens is 302 g/mol. The van der Waals surface area contributed by atoms with Crippen molar-refractivity contribution in [2.24, 2.45) is 0 Å². The zero-order valence-electron chi connectivity index (χ0n) is 10.0. The van der Waals surface area contributed by atoms with Gasteiger partial charge in [-0.1, -0.05) is 6.07 Å². The van der Waals surface area contributed by atoms with Crippen LogP contribution in [0.4, 0.5) is 0 Å². The molecule has 1 atom stereocenters. The number of ether oxygens (including phenoxy) is 1. The lowest BCUT2D eigenvalue weighted by Crippen LogP contribution is -2.36. The van der Waals surface area contributed by atoms with E-state index in [9.17, 15) is 4.79 Å². The van der Waals surface area contributed by atoms with Gasteiger partial charge in [-0.2, -0.15) is 0 Å². The first-order valence-corrected chi connectivity index (χ1v) is 6.26. The normalized spacial score (nSPS) is 12.0. The van der Waals surface area contributed by atoms with Crippen molar-refractivity contribution in [3.8, 4) is 5.75 Å². The molecule has 0 aromatic heterocycles. The third-order valence-electron chi connectivity index (χ3n) is 2.19. The van der Waals surface area contributed by atoms with Gasteiger partial charge < -0.3 is 20.3 Å². The minimum Gasteiger partial charge on any atom is -0.483 e. The summed E-state index contributed by atoms with van der Waals surface area (Å²) in [7, 11) is 0. The number of hydrogen-bond donors (Lipinski definition) is 3. The first-order valence-electron chi connectivity index (χ1n) is 5.47. The number of carbonyl (C=O) groups is 1. The quantitative estimate of drug-likeness (QED) is 0.718. The van der Waals surface area contributed by atoms with Crippen LogP contribution in [-0.2, 0) is 4.79 Å². The maximum absolute atomic E-state index is 11.4. The number of aliphatic hydroxyl groups is 2. The predicted molar refractivity (Wildman–Crippen MR) is 70.5 cm³/mol. The second kappa shape index (κ2) is 7.35. The van der Waals surface area contributed by atoms with Crippen LogP contribution in [0.2, 0.25) is 0 Å². The number of benzene rings is 1. The molecule has 0 aliphatic rings. The molecule has 0 saturated carbocycles. The number of amides is 1. The number of rotatable bonds is 6. The van der Waals surface area contributed by atoms with Crippen molar-refractivity contribution in [2.75, 3.05) is 19.8 Å². The summed E-state index contributed by atoms with van der Waals surface area (Å²) in [5, 5.41) is 20.1. The van der Waals surface area contributed by atoms with Crippen LogP contribution < -0.4 is 10.1 Å². The zero-order chi connectivity index (χ0) is 13.5. The Balaban J connectivity index is 2.38. The first-order chi connectivity index (χ1) is 8.52. The van der Waals surface area contributed by atoms with Gasteiger partial charge in [0.25, 0.3) is 5.91 Å². The Morgan fingerprint density at radius 1 is 1.56 bits per heavy atom. The summed E-state index contributed by atoms with van der Waals surface area (Å²) in [6.07, 6.45) is -0.944. The highest BCUT2D eigenvalue weighted by atomic mass is 79.9. The smallest absolute Gasteiger partial charge is 0.258 e. The molecule has 18 heavy (non-hydrogen) atoms. The maximum Gasteiger partial charge on any atom is 0.258 e. The van der Waals surface area contributed by atoms with Crippen LogP contribution in [0, 0.1) is 6.92 Å². The van der Waals surface area contributed by atoms with E-state index in [0.717, 1.165) is 10.0 Å². The molecule has 0 fully saturated rings. The van der Waals surface area contributed by atoms with Crippen molar-refractivity contribution in [2.45, 2.75) is 13.0 Å². The van der Waals surface area contributed by atoms with Gasteiger partial charge in [-0.05, 0) is 40.5 Å². The maximum atomic E-state index is 11.4. The van der Waals surface area contributed by atoms with E-state index in [0.29, 0.717) is 5.75 Å². The number of nitrogens with one attached hydrogen (secondary N) is 1. The molecule has 0 spiro atoms. The Hall–Kier alpha value is -1.11. The summed E-state index contributed by atoms with van der Waals surface area (Å²) >= 11 is 3.34. The molecule has 0 aliphatic carbocycles. The molecule has 0 saturated heterocycles. The molecule has 0 aliphatic heterocycles. The van der Waals surface area contributed by atoms with Gasteiger partial charge in [0, 0.05) is 6.54 Å². The second-order valence-corrected chi connectivity index (χ2v) is 4.72. The van der Waals surface area contributed by atoms with E-state index in [4.69, 9.17) is 14.9 Å². The van der Waals surface area contributed by atoms with Gasteiger partial charge in [-0.15, -0.1) is 0 Å². The number of aliphatic hydroxyl groups excluding tert-OH is 2. The fraction of sp³-hybridized carbons (Fsp3) is 0.417. The highest BCUT2D eigenvalue weighted by Crippen LogP contribution is 2.25. The van der Waals surface area contributed by atoms with Gasteiger partial charge >= 0.3 is 0 Å². The number of carbonyl (C=O) groups excluding carboxylic acids is 1. The van der Waals surface area contributed by atoms with Crippen LogP contribution in [0.1, 0.15) is 5.56 Å². The van der Waals surface area contributed by atoms with Crippen molar-refractivity contribution in [3.05, 3.63) is 28.2 Å². The minimum absolute atomic E-state index is 0.00770. The van der Waals surface area contributed by atoms with Crippen LogP contribution in [0.25, 0.3) is 0 Å². The third kappa shape index (κ3) is 5.03. The Morgan fingerprint density at radius 2 is 2.28 bits per heavy atom. The molecule has 6 heteroatoms. The number of aryl methyl sites for hydroxylation is 1. The summed E-state index contributed by atoms with van der Waals surface area (Å²) in [5.41, 5.74) is 1.09. The summed E-state index contributed by atoms with van der Waals surface area (Å²) < 4.78 is 6.10. The highest BCUT2D eigenvalue weighted by molar-refractivity contribution is 9.10. The van der Waals surface area contributed by atoms with Gasteiger partial charge in [0.15, 0.2) is 6.61 Å². The largest absolute Gasteiger partial charge is 0.483 e. The van der Waals surface area contributed by atoms with E-state index in [2.05, 4.69) is 21.2 Å². The molecule has 1 aromatic carbocycles. The Kier molecular flexibility index (Phi) is 6.11. The molecule has 1 unspecified atom stereocenters. The van der Waals surface area contributed by atoms with Crippen molar-refractivity contribution < 1.29 is 19.7 Å². The zero-order valence-corrected chi connectivity index (χ0v) is 11.6. The number of hydrogen-bond acceptors (Lipinski definition) is 4. The van der Waals surface area contributed by atoms with Crippen molar-refractivity contribution in [1.29, 1.82) is 0 Å². The van der Waals surface area contributed by atoms with Crippen LogP contribution >= 0.6 is 15.9 Å². The fourth-order valence-corrected chi connectivity index (χ4v) is 1.82. The van der Waals surface area contributed by atoms with Crippen molar-refractivity contribution in [3.63, 3.8) is 0 Å². The fourth-order valence-electron chi connectivity index (χ4n) is 1.21. The highest BCUT2D eigenvalue weighted by Gasteiger charge is 2.08. The van der Waals surface area contributed by atoms with Crippen molar-refractivity contribution in [1.82, 2.24) is 5.32 Å². The molecule has 0 bridgehead atoms. The molecular formula is C12H16BrNO4. The summed E-state index contributed by atoms with van der Waals surface area (Å²) in [6.45, 7) is 1.44. The van der Waals surface area contributed by atoms with Gasteiger partial charge in [-0.25, -0.2) is 0 Å². The van der Waals surface area contributed by atoms with E-state index in [-0.39, 0.29) is 25.7 Å². The van der Waals surface area contributed by atoms with E-state index in [1.165, 1.54) is 0 Å². The van der Waals surface area contributed by atoms with Crippen molar-refractivity contribution >= 4 is 21.8 Å². The van der Waals surface area contributed by atoms with Gasteiger partial charge in [0.2, 0.25) is 0 Å². The average Bonchev–Trinajstić information content (AvgIpc) is 2.34. The average molecular weight is 318 g/mol. The SMILES string of the molecule is Cc1ccc(OCC(=O)NCC(O)CO)c(Br)c1. The molecule has 0 heterocycles. The second-order valence-electron chi connectivity index (χ2n) is 3.86. The summed E-state index contributed by atoms with van der Waals surface area (Å²) in [4.78, 5) is 11.4. The van der Waals surface area contributed by atoms with E-state index >= 15 is 0 Å². The molecule has 1 aromatic rings. The standard InChI is InChI=1S/C12H16BrNO4/c1-8-2-3-11(10(13)4-8)18-7-12(17)14-5-9(16)6-15/h2-4,9,15-16H,5-7H2,1H3,(H,14,17). The Bertz CT molecular complexity index is 411. The van der Waals surface area contributed by atoms with E-state index in [1.54, 1.807) is 6.07 Å². The Labute approximate surface area is 114 Å². The van der Waals surface area contributed by atoms with E-state index in [1.807, 2.05) is 19.1 Å². The van der Waals surface area contributed by atoms with Gasteiger partial charge in [0.1, 0.15) is 5.75 Å². The lowest BCUT2D eigenvalue weighted by atomic mass is 10.2. The lowest BCUT2D eigenvalue weighted by molar-refractivity contribution is -0.123. The molecule has 1 amide bonds. The Morgan fingerprint density at radius 3 is 2.89 bits per heavy atom. The van der Waals surface area contributed by atoms with Crippen LogP contribution in [0.15, 0.2) is 22.7 Å². The van der Waals surface area contributed by atoms with Gasteiger partial charge in [-0.3, -0.25) is 4.79 Å². The third-order valence-corrected chi connectivity index (χ3v) is 2.81. The number of halogens is 1. The molecule has 0 radical (unpaired) electrons. The topological polar surface area (TPSA) is 78.8 Å². The van der Waals surface area contributed by atoms with Crippen LogP contribution in [0.3, 0.4) is 0 Å². The van der Waals surface area contributed by atoms with E-state index < -0.39 is 6.10 Å². The minimum atomic E-state index is -0.944. The summed E-state index contributed by atoms with van der Waals surface area (Å²) in [5.74, 6) is 0.230. The molecule has 1 rings (SSSR count). The lowest BCUT2D eigenvalue weighted by Gasteiger charge is -2.11. The monoisotopic (exact) mass is 317 g/mol. The summed E-state index contributed by atoms with van der Waals surface area (Å²) in [6, 6.07) is 5.55. The van der Waals surface area contributed by atoms with Gasteiger partial charge in [0.05, 0.1) is 17.2 Å². The first kappa shape index (κ1) is 14.9. The van der Waals surface area contributed by atoms with Crippen LogP contribution in [0.5, 0.6) is 5.75 Å². The molecule has 100 valence electrons.